The summed E-state index contributed by atoms with van der Waals surface area (Å²) in [5.74, 6) is 0.905. The van der Waals surface area contributed by atoms with E-state index in [4.69, 9.17) is 9.47 Å². The lowest BCUT2D eigenvalue weighted by atomic mass is 10.0. The highest BCUT2D eigenvalue weighted by Gasteiger charge is 2.22. The van der Waals surface area contributed by atoms with Gasteiger partial charge in [0, 0.05) is 42.3 Å². The normalized spacial score (nSPS) is 13.9. The summed E-state index contributed by atoms with van der Waals surface area (Å²) in [5, 5.41) is 0. The lowest BCUT2D eigenvalue weighted by molar-refractivity contribution is 0.172. The third-order valence-corrected chi connectivity index (χ3v) is 4.81. The van der Waals surface area contributed by atoms with Crippen molar-refractivity contribution in [2.24, 2.45) is 7.05 Å². The van der Waals surface area contributed by atoms with Crippen molar-refractivity contribution in [2.75, 3.05) is 19.5 Å². The zero-order valence-corrected chi connectivity index (χ0v) is 13.9. The molecule has 0 radical (unpaired) electrons. The van der Waals surface area contributed by atoms with Gasteiger partial charge in [-0.25, -0.2) is 8.42 Å². The number of aromatic nitrogens is 1. The Hall–Kier alpha value is -2.28. The highest BCUT2D eigenvalue weighted by Crippen LogP contribution is 2.42. The van der Waals surface area contributed by atoms with E-state index in [0.29, 0.717) is 41.4 Å². The Labute approximate surface area is 134 Å². The average molecular weight is 335 g/mol. The van der Waals surface area contributed by atoms with E-state index in [1.165, 1.54) is 10.6 Å². The summed E-state index contributed by atoms with van der Waals surface area (Å²) in [6.07, 6.45) is 2.81. The standard InChI is InChI=1S/C16H17NO5S/c1-10-6-11(9-17(2)16(10)18)13-7-12(23(3,19)20)8-14-15(13)22-5-4-21-14/h6-9H,4-5H2,1-3H3. The first-order valence-electron chi connectivity index (χ1n) is 7.09. The van der Waals surface area contributed by atoms with E-state index < -0.39 is 9.84 Å². The molecule has 122 valence electrons. The predicted octanol–water partition coefficient (Wildman–Crippen LogP) is 1.54. The van der Waals surface area contributed by atoms with Gasteiger partial charge in [-0.1, -0.05) is 0 Å². The minimum atomic E-state index is -3.40. The molecule has 1 aromatic heterocycles. The van der Waals surface area contributed by atoms with Gasteiger partial charge in [0.25, 0.3) is 5.56 Å². The van der Waals surface area contributed by atoms with Gasteiger partial charge >= 0.3 is 0 Å². The van der Waals surface area contributed by atoms with Crippen LogP contribution >= 0.6 is 0 Å². The first kappa shape index (κ1) is 15.6. The van der Waals surface area contributed by atoms with E-state index in [2.05, 4.69) is 0 Å². The van der Waals surface area contributed by atoms with Gasteiger partial charge in [-0.15, -0.1) is 0 Å². The van der Waals surface area contributed by atoms with E-state index in [1.807, 2.05) is 0 Å². The molecule has 1 aliphatic heterocycles. The third-order valence-electron chi connectivity index (χ3n) is 3.72. The van der Waals surface area contributed by atoms with Crippen molar-refractivity contribution < 1.29 is 17.9 Å². The van der Waals surface area contributed by atoms with Crippen LogP contribution in [0.1, 0.15) is 5.56 Å². The lowest BCUT2D eigenvalue weighted by Crippen LogP contribution is -2.19. The zero-order valence-electron chi connectivity index (χ0n) is 13.1. The second-order valence-corrected chi connectivity index (χ2v) is 7.61. The minimum Gasteiger partial charge on any atom is -0.486 e. The average Bonchev–Trinajstić information content (AvgIpc) is 2.50. The fourth-order valence-corrected chi connectivity index (χ4v) is 3.23. The summed E-state index contributed by atoms with van der Waals surface area (Å²) in [5.41, 5.74) is 1.78. The SMILES string of the molecule is Cc1cc(-c2cc(S(C)(=O)=O)cc3c2OCCO3)cn(C)c1=O. The second-order valence-electron chi connectivity index (χ2n) is 5.60. The molecule has 2 aromatic rings. The van der Waals surface area contributed by atoms with Crippen LogP contribution < -0.4 is 15.0 Å². The summed E-state index contributed by atoms with van der Waals surface area (Å²) < 4.78 is 36.6. The molecule has 7 heteroatoms. The first-order valence-corrected chi connectivity index (χ1v) is 8.98. The van der Waals surface area contributed by atoms with Gasteiger partial charge < -0.3 is 14.0 Å². The van der Waals surface area contributed by atoms with Crippen LogP contribution in [-0.4, -0.2) is 32.5 Å². The van der Waals surface area contributed by atoms with Gasteiger partial charge in [-0.05, 0) is 19.1 Å². The molecule has 0 fully saturated rings. The van der Waals surface area contributed by atoms with Gasteiger partial charge in [-0.3, -0.25) is 4.79 Å². The molecular formula is C16H17NO5S. The molecule has 0 saturated heterocycles. The number of hydrogen-bond donors (Lipinski definition) is 0. The molecule has 3 rings (SSSR count). The smallest absolute Gasteiger partial charge is 0.253 e. The molecule has 0 aliphatic carbocycles. The predicted molar refractivity (Wildman–Crippen MR) is 86.0 cm³/mol. The summed E-state index contributed by atoms with van der Waals surface area (Å²) in [4.78, 5) is 12.0. The topological polar surface area (TPSA) is 74.6 Å². The molecule has 0 spiro atoms. The monoisotopic (exact) mass is 335 g/mol. The van der Waals surface area contributed by atoms with Gasteiger partial charge in [-0.2, -0.15) is 0 Å². The Morgan fingerprint density at radius 1 is 1.13 bits per heavy atom. The largest absolute Gasteiger partial charge is 0.486 e. The van der Waals surface area contributed by atoms with Crippen molar-refractivity contribution in [1.29, 1.82) is 0 Å². The molecule has 2 heterocycles. The summed E-state index contributed by atoms with van der Waals surface area (Å²) >= 11 is 0. The van der Waals surface area contributed by atoms with E-state index in [9.17, 15) is 13.2 Å². The fourth-order valence-electron chi connectivity index (χ4n) is 2.58. The maximum absolute atomic E-state index is 11.9. The molecule has 0 atom stereocenters. The molecule has 6 nitrogen and oxygen atoms in total. The quantitative estimate of drug-likeness (QED) is 0.832. The second kappa shape index (κ2) is 5.42. The molecule has 0 unspecified atom stereocenters. The van der Waals surface area contributed by atoms with Gasteiger partial charge in [0.15, 0.2) is 21.3 Å². The van der Waals surface area contributed by atoms with Crippen LogP contribution in [0.4, 0.5) is 0 Å². The Morgan fingerprint density at radius 3 is 2.48 bits per heavy atom. The summed E-state index contributed by atoms with van der Waals surface area (Å²) in [6.45, 7) is 2.48. The molecule has 0 saturated carbocycles. The Kier molecular flexibility index (Phi) is 3.68. The van der Waals surface area contributed by atoms with Crippen molar-refractivity contribution in [3.05, 3.63) is 40.3 Å². The zero-order chi connectivity index (χ0) is 16.8. The number of hydrogen-bond acceptors (Lipinski definition) is 5. The fraction of sp³-hybridized carbons (Fsp3) is 0.312. The highest BCUT2D eigenvalue weighted by molar-refractivity contribution is 7.90. The van der Waals surface area contributed by atoms with E-state index in [0.717, 1.165) is 6.26 Å². The molecular weight excluding hydrogens is 318 g/mol. The Morgan fingerprint density at radius 2 is 1.83 bits per heavy atom. The number of rotatable bonds is 2. The molecule has 1 aliphatic rings. The number of fused-ring (bicyclic) bond motifs is 1. The third kappa shape index (κ3) is 2.84. The van der Waals surface area contributed by atoms with Crippen LogP contribution in [0.5, 0.6) is 11.5 Å². The van der Waals surface area contributed by atoms with Crippen LogP contribution in [0, 0.1) is 6.92 Å². The number of benzene rings is 1. The number of aryl methyl sites for hydroxylation is 2. The number of pyridine rings is 1. The van der Waals surface area contributed by atoms with Crippen LogP contribution in [0.3, 0.4) is 0 Å². The highest BCUT2D eigenvalue weighted by atomic mass is 32.2. The van der Waals surface area contributed by atoms with Gasteiger partial charge in [0.1, 0.15) is 13.2 Å². The summed E-state index contributed by atoms with van der Waals surface area (Å²) in [6, 6.07) is 4.76. The van der Waals surface area contributed by atoms with Crippen LogP contribution in [0.2, 0.25) is 0 Å². The van der Waals surface area contributed by atoms with Crippen LogP contribution in [0.15, 0.2) is 34.1 Å². The van der Waals surface area contributed by atoms with Crippen molar-refractivity contribution in [3.8, 4) is 22.6 Å². The minimum absolute atomic E-state index is 0.0981. The Balaban J connectivity index is 2.32. The maximum Gasteiger partial charge on any atom is 0.253 e. The van der Waals surface area contributed by atoms with Gasteiger partial charge in [0.05, 0.1) is 4.90 Å². The molecule has 1 aromatic carbocycles. The van der Waals surface area contributed by atoms with E-state index in [1.54, 1.807) is 32.3 Å². The number of nitrogens with zero attached hydrogens (tertiary/aromatic N) is 1. The molecule has 0 N–H and O–H groups in total. The molecule has 0 amide bonds. The number of ether oxygens (including phenoxy) is 2. The van der Waals surface area contributed by atoms with Crippen LogP contribution in [0.25, 0.3) is 11.1 Å². The summed E-state index contributed by atoms with van der Waals surface area (Å²) in [7, 11) is -1.74. The van der Waals surface area contributed by atoms with Crippen molar-refractivity contribution in [2.45, 2.75) is 11.8 Å². The van der Waals surface area contributed by atoms with Crippen molar-refractivity contribution in [3.63, 3.8) is 0 Å². The van der Waals surface area contributed by atoms with E-state index in [-0.39, 0.29) is 10.5 Å². The lowest BCUT2D eigenvalue weighted by Gasteiger charge is -2.22. The maximum atomic E-state index is 11.9. The van der Waals surface area contributed by atoms with Crippen molar-refractivity contribution >= 4 is 9.84 Å². The first-order chi connectivity index (χ1) is 10.8. The van der Waals surface area contributed by atoms with Crippen molar-refractivity contribution in [1.82, 2.24) is 4.57 Å². The molecule has 0 bridgehead atoms. The van der Waals surface area contributed by atoms with Gasteiger partial charge in [0.2, 0.25) is 0 Å². The van der Waals surface area contributed by atoms with Crippen LogP contribution in [-0.2, 0) is 16.9 Å². The molecule has 23 heavy (non-hydrogen) atoms. The Bertz CT molecular complexity index is 917. The van der Waals surface area contributed by atoms with E-state index >= 15 is 0 Å². The number of sulfone groups is 1.